The van der Waals surface area contributed by atoms with Crippen LogP contribution in [0.2, 0.25) is 0 Å². The lowest BCUT2D eigenvalue weighted by Gasteiger charge is -2.17. The highest BCUT2D eigenvalue weighted by atomic mass is 16.5. The number of hydrogen-bond acceptors (Lipinski definition) is 3. The van der Waals surface area contributed by atoms with Crippen LogP contribution in [0.3, 0.4) is 0 Å². The average molecular weight is 325 g/mol. The van der Waals surface area contributed by atoms with E-state index in [1.165, 1.54) is 5.56 Å². The summed E-state index contributed by atoms with van der Waals surface area (Å²) in [4.78, 5) is 14.5. The Morgan fingerprint density at radius 3 is 2.42 bits per heavy atom. The molecule has 0 heterocycles. The summed E-state index contributed by atoms with van der Waals surface area (Å²) >= 11 is 0. The molecule has 0 bridgehead atoms. The molecule has 0 fully saturated rings. The molecular weight excluding hydrogens is 298 g/mol. The number of ether oxygens (including phenoxy) is 1. The first-order valence-corrected chi connectivity index (χ1v) is 8.58. The molecule has 0 saturated carbocycles. The highest BCUT2D eigenvalue weighted by molar-refractivity contribution is 5.97. The van der Waals surface area contributed by atoms with E-state index in [-0.39, 0.29) is 5.78 Å². The monoisotopic (exact) mass is 325 g/mol. The molecule has 0 spiro atoms. The number of rotatable bonds is 8. The van der Waals surface area contributed by atoms with Crippen molar-refractivity contribution in [3.05, 3.63) is 64.7 Å². The van der Waals surface area contributed by atoms with Crippen LogP contribution in [0, 0.1) is 13.8 Å². The van der Waals surface area contributed by atoms with Crippen molar-refractivity contribution in [3.8, 4) is 5.75 Å². The van der Waals surface area contributed by atoms with Gasteiger partial charge in [-0.25, -0.2) is 0 Å². The Morgan fingerprint density at radius 2 is 1.79 bits per heavy atom. The minimum absolute atomic E-state index is 0.159. The quantitative estimate of drug-likeness (QED) is 0.673. The third-order valence-corrected chi connectivity index (χ3v) is 4.24. The zero-order valence-corrected chi connectivity index (χ0v) is 15.1. The van der Waals surface area contributed by atoms with Gasteiger partial charge in [0.1, 0.15) is 12.4 Å². The summed E-state index contributed by atoms with van der Waals surface area (Å²) < 4.78 is 5.91. The van der Waals surface area contributed by atoms with Gasteiger partial charge < -0.3 is 4.74 Å². The minimum Gasteiger partial charge on any atom is -0.489 e. The van der Waals surface area contributed by atoms with Crippen molar-refractivity contribution in [3.63, 3.8) is 0 Å². The van der Waals surface area contributed by atoms with Crippen LogP contribution >= 0.6 is 0 Å². The Labute approximate surface area is 145 Å². The number of hydrogen-bond donors (Lipinski definition) is 0. The molecule has 0 aliphatic heterocycles. The van der Waals surface area contributed by atoms with E-state index in [4.69, 9.17) is 4.74 Å². The second-order valence-electron chi connectivity index (χ2n) is 6.14. The molecule has 3 heteroatoms. The molecule has 2 aromatic carbocycles. The smallest absolute Gasteiger partial charge is 0.176 e. The van der Waals surface area contributed by atoms with Crippen molar-refractivity contribution in [1.29, 1.82) is 0 Å². The van der Waals surface area contributed by atoms with Crippen LogP contribution < -0.4 is 4.74 Å². The molecule has 0 aliphatic carbocycles. The molecule has 0 aliphatic rings. The van der Waals surface area contributed by atoms with Gasteiger partial charge in [-0.3, -0.25) is 9.69 Å². The van der Waals surface area contributed by atoms with Crippen LogP contribution in [0.5, 0.6) is 5.75 Å². The molecule has 0 N–H and O–H groups in total. The van der Waals surface area contributed by atoms with Crippen molar-refractivity contribution in [2.24, 2.45) is 0 Å². The van der Waals surface area contributed by atoms with Crippen LogP contribution in [0.15, 0.2) is 42.5 Å². The van der Waals surface area contributed by atoms with Gasteiger partial charge in [0.25, 0.3) is 0 Å². The summed E-state index contributed by atoms with van der Waals surface area (Å²) in [5.74, 6) is 0.989. The summed E-state index contributed by atoms with van der Waals surface area (Å²) in [5.41, 5.74) is 4.12. The SMILES string of the molecule is CCN(CC)CC(=O)c1ccc(OCc2cccc(C)c2)c(C)c1. The predicted molar refractivity (Wildman–Crippen MR) is 98.8 cm³/mol. The fourth-order valence-electron chi connectivity index (χ4n) is 2.69. The Kier molecular flexibility index (Phi) is 6.56. The van der Waals surface area contributed by atoms with Gasteiger partial charge in [0.05, 0.1) is 6.54 Å². The summed E-state index contributed by atoms with van der Waals surface area (Å²) in [6, 6.07) is 14.0. The number of Topliss-reactive ketones (excluding diaryl/α,β-unsaturated/α-hetero) is 1. The zero-order chi connectivity index (χ0) is 17.5. The second-order valence-corrected chi connectivity index (χ2v) is 6.14. The third-order valence-electron chi connectivity index (χ3n) is 4.24. The van der Waals surface area contributed by atoms with Gasteiger partial charge >= 0.3 is 0 Å². The van der Waals surface area contributed by atoms with Crippen LogP contribution in [-0.4, -0.2) is 30.3 Å². The second kappa shape index (κ2) is 8.65. The van der Waals surface area contributed by atoms with Gasteiger partial charge in [-0.2, -0.15) is 0 Å². The van der Waals surface area contributed by atoms with Crippen molar-refractivity contribution in [1.82, 2.24) is 4.90 Å². The highest BCUT2D eigenvalue weighted by Gasteiger charge is 2.11. The molecule has 24 heavy (non-hydrogen) atoms. The minimum atomic E-state index is 0.159. The molecule has 0 unspecified atom stereocenters. The molecule has 3 nitrogen and oxygen atoms in total. The number of ketones is 1. The summed E-state index contributed by atoms with van der Waals surface area (Å²) in [6.45, 7) is 11.0. The van der Waals surface area contributed by atoms with Gasteiger partial charge in [-0.1, -0.05) is 43.7 Å². The van der Waals surface area contributed by atoms with E-state index in [2.05, 4.69) is 43.9 Å². The molecule has 0 saturated heterocycles. The lowest BCUT2D eigenvalue weighted by molar-refractivity contribution is 0.0937. The number of carbonyl (C=O) groups excluding carboxylic acids is 1. The van der Waals surface area contributed by atoms with Crippen molar-refractivity contribution < 1.29 is 9.53 Å². The molecule has 2 aromatic rings. The fourth-order valence-corrected chi connectivity index (χ4v) is 2.69. The lowest BCUT2D eigenvalue weighted by atomic mass is 10.1. The summed E-state index contributed by atoms with van der Waals surface area (Å²) in [7, 11) is 0. The molecule has 0 aromatic heterocycles. The van der Waals surface area contributed by atoms with Crippen LogP contribution in [-0.2, 0) is 6.61 Å². The molecular formula is C21H27NO2. The average Bonchev–Trinajstić information content (AvgIpc) is 2.58. The maximum Gasteiger partial charge on any atom is 0.176 e. The van der Waals surface area contributed by atoms with Gasteiger partial charge in [0.2, 0.25) is 0 Å². The van der Waals surface area contributed by atoms with E-state index in [9.17, 15) is 4.79 Å². The van der Waals surface area contributed by atoms with Crippen LogP contribution in [0.4, 0.5) is 0 Å². The van der Waals surface area contributed by atoms with Crippen molar-refractivity contribution >= 4 is 5.78 Å². The molecule has 128 valence electrons. The van der Waals surface area contributed by atoms with Crippen molar-refractivity contribution in [2.45, 2.75) is 34.3 Å². The van der Waals surface area contributed by atoms with Crippen LogP contribution in [0.1, 0.15) is 40.9 Å². The van der Waals surface area contributed by atoms with E-state index in [0.29, 0.717) is 13.2 Å². The summed E-state index contributed by atoms with van der Waals surface area (Å²) in [6.07, 6.45) is 0. The highest BCUT2D eigenvalue weighted by Crippen LogP contribution is 2.21. The van der Waals surface area contributed by atoms with E-state index in [1.54, 1.807) is 0 Å². The van der Waals surface area contributed by atoms with Gasteiger partial charge in [0, 0.05) is 5.56 Å². The van der Waals surface area contributed by atoms with Gasteiger partial charge in [0.15, 0.2) is 5.78 Å². The van der Waals surface area contributed by atoms with Gasteiger partial charge in [-0.05, 0) is 56.3 Å². The number of nitrogens with zero attached hydrogens (tertiary/aromatic N) is 1. The number of aryl methyl sites for hydroxylation is 2. The van der Waals surface area contributed by atoms with E-state index in [1.807, 2.05) is 31.2 Å². The van der Waals surface area contributed by atoms with E-state index < -0.39 is 0 Å². The van der Waals surface area contributed by atoms with Gasteiger partial charge in [-0.15, -0.1) is 0 Å². The first kappa shape index (κ1) is 18.2. The Hall–Kier alpha value is -2.13. The maximum absolute atomic E-state index is 12.4. The lowest BCUT2D eigenvalue weighted by Crippen LogP contribution is -2.29. The maximum atomic E-state index is 12.4. The largest absolute Gasteiger partial charge is 0.489 e. The Balaban J connectivity index is 2.02. The number of carbonyl (C=O) groups is 1. The first-order chi connectivity index (χ1) is 11.5. The molecule has 0 radical (unpaired) electrons. The predicted octanol–water partition coefficient (Wildman–Crippen LogP) is 4.41. The summed E-state index contributed by atoms with van der Waals surface area (Å²) in [5, 5.41) is 0. The zero-order valence-electron chi connectivity index (χ0n) is 15.1. The molecule has 0 amide bonds. The van der Waals surface area contributed by atoms with E-state index >= 15 is 0 Å². The molecule has 2 rings (SSSR count). The van der Waals surface area contributed by atoms with E-state index in [0.717, 1.165) is 35.5 Å². The normalized spacial score (nSPS) is 10.9. The third kappa shape index (κ3) is 4.93. The Bertz CT molecular complexity index is 690. The standard InChI is InChI=1S/C21H27NO2/c1-5-22(6-2)14-20(23)19-10-11-21(17(4)13-19)24-15-18-9-7-8-16(3)12-18/h7-13H,5-6,14-15H2,1-4H3. The fraction of sp³-hybridized carbons (Fsp3) is 0.381. The Morgan fingerprint density at radius 1 is 1.04 bits per heavy atom. The topological polar surface area (TPSA) is 29.5 Å². The van der Waals surface area contributed by atoms with Crippen molar-refractivity contribution in [2.75, 3.05) is 19.6 Å². The molecule has 0 atom stereocenters. The van der Waals surface area contributed by atoms with Crippen LogP contribution in [0.25, 0.3) is 0 Å². The number of benzene rings is 2. The number of likely N-dealkylation sites (N-methyl/N-ethyl adjacent to an activating group) is 1. The first-order valence-electron chi connectivity index (χ1n) is 8.58.